The van der Waals surface area contributed by atoms with Crippen molar-refractivity contribution in [3.63, 3.8) is 0 Å². The van der Waals surface area contributed by atoms with E-state index in [0.717, 1.165) is 18.2 Å². The summed E-state index contributed by atoms with van der Waals surface area (Å²) in [6.07, 6.45) is 1.72. The van der Waals surface area contributed by atoms with E-state index in [1.165, 1.54) is 4.31 Å². The molecule has 15 heavy (non-hydrogen) atoms. The van der Waals surface area contributed by atoms with Crippen molar-refractivity contribution >= 4 is 10.0 Å². The van der Waals surface area contributed by atoms with E-state index in [9.17, 15) is 8.42 Å². The highest BCUT2D eigenvalue weighted by molar-refractivity contribution is 7.92. The van der Waals surface area contributed by atoms with Crippen LogP contribution in [0.1, 0.15) is 26.7 Å². The second-order valence-electron chi connectivity index (χ2n) is 4.29. The Morgan fingerprint density at radius 3 is 2.60 bits per heavy atom. The zero-order valence-corrected chi connectivity index (χ0v) is 10.4. The van der Waals surface area contributed by atoms with Gasteiger partial charge in [0.2, 0.25) is 10.0 Å². The average molecular weight is 233 g/mol. The lowest BCUT2D eigenvalue weighted by Gasteiger charge is -2.35. The maximum atomic E-state index is 11.7. The van der Waals surface area contributed by atoms with Crippen molar-refractivity contribution < 1.29 is 13.2 Å². The average Bonchev–Trinajstić information content (AvgIpc) is 2.67. The summed E-state index contributed by atoms with van der Waals surface area (Å²) < 4.78 is 30.3. The van der Waals surface area contributed by atoms with Crippen molar-refractivity contribution in [1.29, 1.82) is 0 Å². The van der Waals surface area contributed by atoms with Gasteiger partial charge in [-0.25, -0.2) is 8.42 Å². The zero-order valence-electron chi connectivity index (χ0n) is 9.56. The molecule has 0 N–H and O–H groups in total. The third-order valence-corrected chi connectivity index (χ3v) is 4.58. The van der Waals surface area contributed by atoms with Crippen molar-refractivity contribution in [2.75, 3.05) is 13.7 Å². The van der Waals surface area contributed by atoms with Gasteiger partial charge in [-0.05, 0) is 26.7 Å². The predicted octanol–water partition coefficient (Wildman–Crippen LogP) is 1.35. The van der Waals surface area contributed by atoms with E-state index < -0.39 is 15.6 Å². The smallest absolute Gasteiger partial charge is 0.235 e. The second-order valence-corrected chi connectivity index (χ2v) is 6.12. The van der Waals surface area contributed by atoms with Crippen molar-refractivity contribution in [1.82, 2.24) is 4.31 Å². The van der Waals surface area contributed by atoms with Crippen LogP contribution in [-0.2, 0) is 14.8 Å². The minimum absolute atomic E-state index is 0.0921. The molecule has 1 aliphatic rings. The van der Waals surface area contributed by atoms with Crippen LogP contribution >= 0.6 is 0 Å². The first kappa shape index (κ1) is 12.7. The van der Waals surface area contributed by atoms with Gasteiger partial charge < -0.3 is 4.74 Å². The highest BCUT2D eigenvalue weighted by Gasteiger charge is 2.42. The Kier molecular flexibility index (Phi) is 3.58. The summed E-state index contributed by atoms with van der Waals surface area (Å²) in [4.78, 5) is 0. The van der Waals surface area contributed by atoms with Gasteiger partial charge in [0.15, 0.2) is 0 Å². The van der Waals surface area contributed by atoms with Crippen LogP contribution in [0.15, 0.2) is 12.0 Å². The van der Waals surface area contributed by atoms with E-state index in [0.29, 0.717) is 6.54 Å². The van der Waals surface area contributed by atoms with E-state index >= 15 is 0 Å². The summed E-state index contributed by atoms with van der Waals surface area (Å²) in [5.41, 5.74) is -0.452. The summed E-state index contributed by atoms with van der Waals surface area (Å²) in [5, 5.41) is 1.01. The number of methoxy groups -OCH3 is 1. The first-order chi connectivity index (χ1) is 6.85. The van der Waals surface area contributed by atoms with Crippen LogP contribution in [0.3, 0.4) is 0 Å². The van der Waals surface area contributed by atoms with Crippen molar-refractivity contribution in [2.45, 2.75) is 38.3 Å². The molecule has 0 radical (unpaired) electrons. The highest BCUT2D eigenvalue weighted by Crippen LogP contribution is 2.31. The van der Waals surface area contributed by atoms with Gasteiger partial charge in [0, 0.05) is 19.1 Å². The maximum absolute atomic E-state index is 11.7. The van der Waals surface area contributed by atoms with Crippen LogP contribution in [0, 0.1) is 0 Å². The summed E-state index contributed by atoms with van der Waals surface area (Å²) in [7, 11) is -1.71. The van der Waals surface area contributed by atoms with Gasteiger partial charge in [-0.2, -0.15) is 4.31 Å². The Bertz CT molecular complexity index is 335. The molecule has 1 saturated heterocycles. The maximum Gasteiger partial charge on any atom is 0.235 e. The van der Waals surface area contributed by atoms with E-state index in [2.05, 4.69) is 6.58 Å². The Labute approximate surface area is 92.0 Å². The number of ether oxygens (including phenoxy) is 1. The van der Waals surface area contributed by atoms with Gasteiger partial charge in [-0.15, -0.1) is 0 Å². The fourth-order valence-corrected chi connectivity index (χ4v) is 3.26. The van der Waals surface area contributed by atoms with Crippen LogP contribution in [0.5, 0.6) is 0 Å². The molecule has 0 aromatic heterocycles. The third-order valence-electron chi connectivity index (χ3n) is 3.07. The van der Waals surface area contributed by atoms with Crippen molar-refractivity contribution in [2.24, 2.45) is 0 Å². The molecule has 0 aromatic carbocycles. The number of rotatable bonds is 4. The number of hydrogen-bond donors (Lipinski definition) is 0. The van der Waals surface area contributed by atoms with Gasteiger partial charge in [-0.3, -0.25) is 0 Å². The molecular weight excluding hydrogens is 214 g/mol. The molecule has 1 fully saturated rings. The number of sulfonamides is 1. The van der Waals surface area contributed by atoms with Crippen LogP contribution < -0.4 is 0 Å². The normalized spacial score (nSPS) is 24.3. The summed E-state index contributed by atoms with van der Waals surface area (Å²) in [6.45, 7) is 7.73. The van der Waals surface area contributed by atoms with E-state index in [1.807, 2.05) is 13.8 Å². The monoisotopic (exact) mass is 233 g/mol. The standard InChI is InChI=1S/C10H19NO3S/c1-5-15(12,13)11-8-6-7-9(11)10(2,3)14-4/h5,9H,1,6-8H2,2-4H3/t9-/m0/s1. The van der Waals surface area contributed by atoms with Gasteiger partial charge in [0.1, 0.15) is 0 Å². The highest BCUT2D eigenvalue weighted by atomic mass is 32.2. The minimum atomic E-state index is -3.32. The second kappa shape index (κ2) is 4.23. The van der Waals surface area contributed by atoms with Crippen molar-refractivity contribution in [3.8, 4) is 0 Å². The molecule has 0 saturated carbocycles. The van der Waals surface area contributed by atoms with Crippen LogP contribution in [-0.4, -0.2) is 38.0 Å². The Morgan fingerprint density at radius 1 is 1.53 bits per heavy atom. The van der Waals surface area contributed by atoms with Crippen LogP contribution in [0.2, 0.25) is 0 Å². The lowest BCUT2D eigenvalue weighted by Crippen LogP contribution is -2.48. The van der Waals surface area contributed by atoms with E-state index in [4.69, 9.17) is 4.74 Å². The first-order valence-corrected chi connectivity index (χ1v) is 6.55. The molecule has 1 atom stereocenters. The quantitative estimate of drug-likeness (QED) is 0.736. The Balaban J connectivity index is 2.97. The predicted molar refractivity (Wildman–Crippen MR) is 59.9 cm³/mol. The Morgan fingerprint density at radius 2 is 2.13 bits per heavy atom. The molecule has 1 heterocycles. The van der Waals surface area contributed by atoms with Gasteiger partial charge in [0.05, 0.1) is 11.6 Å². The summed E-state index contributed by atoms with van der Waals surface area (Å²) >= 11 is 0. The van der Waals surface area contributed by atoms with Crippen LogP contribution in [0.25, 0.3) is 0 Å². The lowest BCUT2D eigenvalue weighted by molar-refractivity contribution is -0.0222. The Hall–Kier alpha value is -0.390. The first-order valence-electron chi connectivity index (χ1n) is 5.04. The largest absolute Gasteiger partial charge is 0.377 e. The summed E-state index contributed by atoms with van der Waals surface area (Å²) in [6, 6.07) is -0.0921. The van der Waals surface area contributed by atoms with Crippen LogP contribution in [0.4, 0.5) is 0 Å². The molecule has 0 amide bonds. The fourth-order valence-electron chi connectivity index (χ4n) is 1.97. The molecule has 1 aliphatic heterocycles. The SMILES string of the molecule is C=CS(=O)(=O)N1CCC[C@H]1C(C)(C)OC. The minimum Gasteiger partial charge on any atom is -0.377 e. The van der Waals surface area contributed by atoms with E-state index in [-0.39, 0.29) is 6.04 Å². The van der Waals surface area contributed by atoms with E-state index in [1.54, 1.807) is 7.11 Å². The molecule has 0 unspecified atom stereocenters. The number of hydrogen-bond acceptors (Lipinski definition) is 3. The van der Waals surface area contributed by atoms with Gasteiger partial charge >= 0.3 is 0 Å². The van der Waals surface area contributed by atoms with Gasteiger partial charge in [0.25, 0.3) is 0 Å². The van der Waals surface area contributed by atoms with Gasteiger partial charge in [-0.1, -0.05) is 6.58 Å². The molecule has 0 aliphatic carbocycles. The molecular formula is C10H19NO3S. The molecule has 4 nitrogen and oxygen atoms in total. The fraction of sp³-hybridized carbons (Fsp3) is 0.800. The third kappa shape index (κ3) is 2.41. The topological polar surface area (TPSA) is 46.6 Å². The molecule has 5 heteroatoms. The molecule has 1 rings (SSSR count). The lowest BCUT2D eigenvalue weighted by atomic mass is 9.97. The molecule has 0 aromatic rings. The molecule has 0 bridgehead atoms. The zero-order chi connectivity index (χ0) is 11.7. The molecule has 88 valence electrons. The number of nitrogens with zero attached hydrogens (tertiary/aromatic N) is 1. The molecule has 0 spiro atoms. The van der Waals surface area contributed by atoms with Crippen molar-refractivity contribution in [3.05, 3.63) is 12.0 Å². The summed E-state index contributed by atoms with van der Waals surface area (Å²) in [5.74, 6) is 0.